The number of benzene rings is 2. The fraction of sp³-hybridized carbons (Fsp3) is 0.238. The Morgan fingerprint density at radius 2 is 1.42 bits per heavy atom. The Balaban J connectivity index is 1.58. The maximum atomic E-state index is 12.5. The minimum Gasteiger partial charge on any atom is -0.336 e. The van der Waals surface area contributed by atoms with Crippen LogP contribution in [0, 0.1) is 0 Å². The van der Waals surface area contributed by atoms with Crippen LogP contribution in [-0.2, 0) is 4.79 Å². The van der Waals surface area contributed by atoms with Crippen LogP contribution < -0.4 is 0 Å². The van der Waals surface area contributed by atoms with Crippen molar-refractivity contribution in [2.45, 2.75) is 6.92 Å². The van der Waals surface area contributed by atoms with E-state index in [0.29, 0.717) is 36.8 Å². The molecule has 5 heteroatoms. The average Bonchev–Trinajstić information content (AvgIpc) is 2.69. The third kappa shape index (κ3) is 4.33. The Morgan fingerprint density at radius 1 is 0.846 bits per heavy atom. The van der Waals surface area contributed by atoms with Crippen molar-refractivity contribution < 1.29 is 9.59 Å². The van der Waals surface area contributed by atoms with Crippen molar-refractivity contribution >= 4 is 29.0 Å². The van der Waals surface area contributed by atoms with Gasteiger partial charge in [0.05, 0.1) is 0 Å². The molecule has 0 N–H and O–H groups in total. The molecule has 2 aromatic carbocycles. The molecular weight excluding hydrogens is 348 g/mol. The molecule has 1 saturated heterocycles. The Morgan fingerprint density at radius 3 is 2.04 bits per heavy atom. The second-order valence-corrected chi connectivity index (χ2v) is 6.75. The molecule has 0 aromatic heterocycles. The van der Waals surface area contributed by atoms with Crippen LogP contribution in [0.2, 0.25) is 5.02 Å². The summed E-state index contributed by atoms with van der Waals surface area (Å²) in [7, 11) is 0. The van der Waals surface area contributed by atoms with E-state index in [2.05, 4.69) is 0 Å². The number of nitrogens with zero attached hydrogens (tertiary/aromatic N) is 2. The molecular formula is C21H21ClN2O2. The van der Waals surface area contributed by atoms with Crippen molar-refractivity contribution in [2.75, 3.05) is 26.2 Å². The summed E-state index contributed by atoms with van der Waals surface area (Å²) in [6.07, 6.45) is 1.67. The molecule has 1 fully saturated rings. The first-order valence-electron chi connectivity index (χ1n) is 8.62. The lowest BCUT2D eigenvalue weighted by Crippen LogP contribution is -2.50. The van der Waals surface area contributed by atoms with Gasteiger partial charge in [0.1, 0.15) is 0 Å². The number of allylic oxidation sites excluding steroid dienone is 1. The van der Waals surface area contributed by atoms with E-state index in [4.69, 9.17) is 11.6 Å². The van der Waals surface area contributed by atoms with E-state index in [9.17, 15) is 9.59 Å². The number of halogens is 1. The second-order valence-electron chi connectivity index (χ2n) is 6.32. The molecule has 0 radical (unpaired) electrons. The molecule has 134 valence electrons. The smallest absolute Gasteiger partial charge is 0.253 e. The number of amides is 2. The molecule has 1 heterocycles. The summed E-state index contributed by atoms with van der Waals surface area (Å²) in [5, 5.41) is 0.609. The molecule has 0 bridgehead atoms. The Hall–Kier alpha value is -2.59. The van der Waals surface area contributed by atoms with Gasteiger partial charge in [-0.25, -0.2) is 0 Å². The summed E-state index contributed by atoms with van der Waals surface area (Å²) < 4.78 is 0. The Kier molecular flexibility index (Phi) is 5.74. The maximum Gasteiger partial charge on any atom is 0.253 e. The lowest BCUT2D eigenvalue weighted by Gasteiger charge is -2.34. The topological polar surface area (TPSA) is 40.6 Å². The SMILES string of the molecule is CC(=CC(=O)N1CCN(C(=O)c2ccc(Cl)cc2)CC1)c1ccccc1. The van der Waals surface area contributed by atoms with Gasteiger partial charge < -0.3 is 9.80 Å². The minimum atomic E-state index is -0.0234. The summed E-state index contributed by atoms with van der Waals surface area (Å²) >= 11 is 5.87. The predicted molar refractivity (Wildman–Crippen MR) is 104 cm³/mol. The fourth-order valence-electron chi connectivity index (χ4n) is 2.97. The highest BCUT2D eigenvalue weighted by Gasteiger charge is 2.24. The van der Waals surface area contributed by atoms with E-state index in [0.717, 1.165) is 11.1 Å². The highest BCUT2D eigenvalue weighted by molar-refractivity contribution is 6.30. The van der Waals surface area contributed by atoms with Crippen LogP contribution in [0.1, 0.15) is 22.8 Å². The zero-order chi connectivity index (χ0) is 18.5. The van der Waals surface area contributed by atoms with Crippen molar-refractivity contribution in [2.24, 2.45) is 0 Å². The summed E-state index contributed by atoms with van der Waals surface area (Å²) in [6, 6.07) is 16.7. The Bertz CT molecular complexity index is 808. The first kappa shape index (κ1) is 18.2. The summed E-state index contributed by atoms with van der Waals surface area (Å²) in [4.78, 5) is 28.6. The number of rotatable bonds is 3. The van der Waals surface area contributed by atoms with Gasteiger partial charge in [0, 0.05) is 42.8 Å². The number of hydrogen-bond donors (Lipinski definition) is 0. The first-order valence-corrected chi connectivity index (χ1v) is 9.00. The molecule has 1 aliphatic rings. The first-order chi connectivity index (χ1) is 12.5. The summed E-state index contributed by atoms with van der Waals surface area (Å²) in [5.41, 5.74) is 2.60. The zero-order valence-electron chi connectivity index (χ0n) is 14.7. The summed E-state index contributed by atoms with van der Waals surface area (Å²) in [6.45, 7) is 4.08. The van der Waals surface area contributed by atoms with Crippen LogP contribution in [0.15, 0.2) is 60.7 Å². The highest BCUT2D eigenvalue weighted by Crippen LogP contribution is 2.15. The fourth-order valence-corrected chi connectivity index (χ4v) is 3.09. The van der Waals surface area contributed by atoms with E-state index in [1.54, 1.807) is 40.1 Å². The van der Waals surface area contributed by atoms with Crippen molar-refractivity contribution in [3.63, 3.8) is 0 Å². The third-order valence-corrected chi connectivity index (χ3v) is 4.79. The zero-order valence-corrected chi connectivity index (χ0v) is 15.4. The van der Waals surface area contributed by atoms with Gasteiger partial charge in [0.2, 0.25) is 5.91 Å². The standard InChI is InChI=1S/C21H21ClN2O2/c1-16(17-5-3-2-4-6-17)15-20(25)23-11-13-24(14-12-23)21(26)18-7-9-19(22)10-8-18/h2-10,15H,11-14H2,1H3. The quantitative estimate of drug-likeness (QED) is 0.774. The van der Waals surface area contributed by atoms with E-state index in [1.807, 2.05) is 37.3 Å². The molecule has 2 amide bonds. The number of carbonyl (C=O) groups excluding carboxylic acids is 2. The van der Waals surface area contributed by atoms with Gasteiger partial charge >= 0.3 is 0 Å². The van der Waals surface area contributed by atoms with Gasteiger partial charge in [0.15, 0.2) is 0 Å². The second kappa shape index (κ2) is 8.19. The molecule has 0 saturated carbocycles. The molecule has 3 rings (SSSR count). The van der Waals surface area contributed by atoms with Crippen LogP contribution in [0.4, 0.5) is 0 Å². The molecule has 4 nitrogen and oxygen atoms in total. The lowest BCUT2D eigenvalue weighted by molar-refractivity contribution is -0.127. The van der Waals surface area contributed by atoms with Crippen LogP contribution in [0.25, 0.3) is 5.57 Å². The van der Waals surface area contributed by atoms with Crippen molar-refractivity contribution in [3.05, 3.63) is 76.8 Å². The van der Waals surface area contributed by atoms with Gasteiger partial charge in [-0.05, 0) is 42.3 Å². The van der Waals surface area contributed by atoms with E-state index in [1.165, 1.54) is 0 Å². The number of carbonyl (C=O) groups is 2. The minimum absolute atomic E-state index is 0.00931. The lowest BCUT2D eigenvalue weighted by atomic mass is 10.1. The molecule has 0 atom stereocenters. The van der Waals surface area contributed by atoms with Crippen molar-refractivity contribution in [3.8, 4) is 0 Å². The molecule has 26 heavy (non-hydrogen) atoms. The largest absolute Gasteiger partial charge is 0.336 e. The van der Waals surface area contributed by atoms with Crippen LogP contribution in [-0.4, -0.2) is 47.8 Å². The summed E-state index contributed by atoms with van der Waals surface area (Å²) in [5.74, 6) is -0.0327. The number of piperazine rings is 1. The monoisotopic (exact) mass is 368 g/mol. The van der Waals surface area contributed by atoms with Crippen LogP contribution in [0.5, 0.6) is 0 Å². The van der Waals surface area contributed by atoms with Gasteiger partial charge in [-0.15, -0.1) is 0 Å². The van der Waals surface area contributed by atoms with E-state index in [-0.39, 0.29) is 11.8 Å². The van der Waals surface area contributed by atoms with Crippen molar-refractivity contribution in [1.82, 2.24) is 9.80 Å². The normalized spacial score (nSPS) is 15.1. The Labute approximate surface area is 158 Å². The maximum absolute atomic E-state index is 12.5. The van der Waals surface area contributed by atoms with Crippen molar-refractivity contribution in [1.29, 1.82) is 0 Å². The van der Waals surface area contributed by atoms with Gasteiger partial charge in [-0.1, -0.05) is 41.9 Å². The van der Waals surface area contributed by atoms with Crippen LogP contribution >= 0.6 is 11.6 Å². The average molecular weight is 369 g/mol. The van der Waals surface area contributed by atoms with Gasteiger partial charge in [-0.2, -0.15) is 0 Å². The van der Waals surface area contributed by atoms with Gasteiger partial charge in [-0.3, -0.25) is 9.59 Å². The van der Waals surface area contributed by atoms with E-state index < -0.39 is 0 Å². The molecule has 2 aromatic rings. The van der Waals surface area contributed by atoms with E-state index >= 15 is 0 Å². The molecule has 0 unspecified atom stereocenters. The van der Waals surface area contributed by atoms with Crippen LogP contribution in [0.3, 0.4) is 0 Å². The predicted octanol–water partition coefficient (Wildman–Crippen LogP) is 3.73. The highest BCUT2D eigenvalue weighted by atomic mass is 35.5. The molecule has 1 aliphatic heterocycles. The van der Waals surface area contributed by atoms with Gasteiger partial charge in [0.25, 0.3) is 5.91 Å². The number of hydrogen-bond acceptors (Lipinski definition) is 2. The molecule has 0 aliphatic carbocycles. The third-order valence-electron chi connectivity index (χ3n) is 4.54. The molecule has 0 spiro atoms.